The molecule has 6 aromatic rings. The van der Waals surface area contributed by atoms with E-state index in [4.69, 9.17) is 63.9 Å². The quantitative estimate of drug-likeness (QED) is 0.0860. The number of aromatic amines is 2. The predicted octanol–water partition coefficient (Wildman–Crippen LogP) is 8.01. The molecule has 25 heteroatoms. The van der Waals surface area contributed by atoms with Crippen LogP contribution in [0.5, 0.6) is 0 Å². The smallest absolute Gasteiger partial charge is 2.00 e. The molecule has 0 aliphatic heterocycles. The van der Waals surface area contributed by atoms with Gasteiger partial charge in [-0.25, -0.2) is 30.2 Å². The first-order chi connectivity index (χ1) is 22.4. The number of aromatic nitrogens is 6. The molecule has 0 fully saturated rings. The van der Waals surface area contributed by atoms with Gasteiger partial charge in [-0.05, 0) is 48.5 Å². The van der Waals surface area contributed by atoms with Crippen LogP contribution in [0, 0.1) is 0 Å². The van der Waals surface area contributed by atoms with Gasteiger partial charge in [-0.15, -0.1) is 55.5 Å². The molecule has 0 aliphatic carbocycles. The Balaban J connectivity index is 0.000000289. The number of rotatable bonds is 8. The molecule has 253 valence electrons. The molecule has 2 N–H and O–H groups in total. The van der Waals surface area contributed by atoms with Crippen molar-refractivity contribution < 1.29 is 41.6 Å². The second-order valence-electron chi connectivity index (χ2n) is 7.93. The first kappa shape index (κ1) is 42.5. The number of hydrogen-bond donors (Lipinski definition) is 2. The van der Waals surface area contributed by atoms with Gasteiger partial charge in [-0.3, -0.25) is 8.42 Å². The van der Waals surface area contributed by atoms with Crippen LogP contribution in [0.15, 0.2) is 68.5 Å². The fraction of sp³-hybridized carbons (Fsp3) is 0. The maximum Gasteiger partial charge on any atom is 4.00 e. The van der Waals surface area contributed by atoms with Gasteiger partial charge in [0, 0.05) is 54.8 Å². The maximum atomic E-state index is 8.52. The van der Waals surface area contributed by atoms with Gasteiger partial charge in [0.05, 0.1) is 17.3 Å². The molecule has 0 bridgehead atoms. The van der Waals surface area contributed by atoms with Crippen LogP contribution in [0.2, 0.25) is 17.3 Å². The standard InChI is InChI=1S/2C12H7Cl2N5S2.H2O4S.O.V/c2*13-9-3-1-7(20-9)5-15-11-17-12(19-18-11)16-6-8-2-4-10(14)21-8;1-5(2,3)4;;/h2*1-6H,(H,17,18,19);(H2,1,2,3,4);;/q;;;-2;+4/p-2/b2*15-5-,16-6+;;;. The average Bonchev–Trinajstić information content (AvgIpc) is 3.84. The number of nitrogens with zero attached hydrogens (tertiary/aromatic N) is 8. The van der Waals surface area contributed by atoms with E-state index in [2.05, 4.69) is 50.3 Å². The zero-order valence-corrected chi connectivity index (χ0v) is 32.1. The summed E-state index contributed by atoms with van der Waals surface area (Å²) in [6.45, 7) is 0. The van der Waals surface area contributed by atoms with Gasteiger partial charge in [0.15, 0.2) is 0 Å². The Kier molecular flexibility index (Phi) is 18.1. The summed E-state index contributed by atoms with van der Waals surface area (Å²) < 4.78 is 36.9. The number of hydrogen-bond acceptors (Lipinski definition) is 16. The number of thiophene rings is 4. The van der Waals surface area contributed by atoms with Crippen LogP contribution < -0.4 is 0 Å². The van der Waals surface area contributed by atoms with Crippen molar-refractivity contribution in [2.24, 2.45) is 20.0 Å². The molecule has 6 aromatic heterocycles. The van der Waals surface area contributed by atoms with E-state index < -0.39 is 10.4 Å². The van der Waals surface area contributed by atoms with Crippen LogP contribution >= 0.6 is 91.8 Å². The summed E-state index contributed by atoms with van der Waals surface area (Å²) in [5, 5.41) is 13.3. The van der Waals surface area contributed by atoms with E-state index in [9.17, 15) is 0 Å². The Hall–Kier alpha value is -2.67. The number of H-pyrrole nitrogens is 2. The summed E-state index contributed by atoms with van der Waals surface area (Å²) in [6.07, 6.45) is 6.66. The molecular formula is C24H14Cl4N10O5S5V. The SMILES string of the molecule is Clc1ccc(/C=N\c2n[nH]c(/N=C/c3ccc(Cl)s3)n2)s1.Clc1ccc(/C=N\c2n[nH]c(/N=C/c3ccc(Cl)s3)n2)s1.O=S(=O)([O-])[O-].[O-2].[V+4]. The third-order valence-electron chi connectivity index (χ3n) is 4.54. The van der Waals surface area contributed by atoms with E-state index in [-0.39, 0.29) is 24.0 Å². The van der Waals surface area contributed by atoms with Crippen LogP contribution in [-0.4, -0.2) is 72.7 Å². The molecule has 0 spiro atoms. The van der Waals surface area contributed by atoms with Crippen molar-refractivity contribution in [1.29, 1.82) is 0 Å². The van der Waals surface area contributed by atoms with Gasteiger partial charge in [0.2, 0.25) is 11.9 Å². The van der Waals surface area contributed by atoms with Crippen molar-refractivity contribution in [3.8, 4) is 0 Å². The van der Waals surface area contributed by atoms with Crippen molar-refractivity contribution >= 4 is 151 Å². The minimum atomic E-state index is -5.17. The first-order valence-corrected chi connectivity index (χ1v) is 18.2. The Morgan fingerprint density at radius 3 is 1.08 bits per heavy atom. The van der Waals surface area contributed by atoms with Gasteiger partial charge in [0.25, 0.3) is 11.9 Å². The third-order valence-corrected chi connectivity index (χ3v) is 9.21. The summed E-state index contributed by atoms with van der Waals surface area (Å²) in [4.78, 5) is 28.7. The molecule has 6 heterocycles. The average molecular weight is 876 g/mol. The molecule has 0 saturated carbocycles. The predicted molar refractivity (Wildman–Crippen MR) is 190 cm³/mol. The molecule has 0 unspecified atom stereocenters. The van der Waals surface area contributed by atoms with Crippen molar-refractivity contribution in [2.45, 2.75) is 0 Å². The zero-order valence-electron chi connectivity index (χ0n) is 23.5. The fourth-order valence-corrected chi connectivity index (χ4v) is 6.54. The summed E-state index contributed by atoms with van der Waals surface area (Å²) in [7, 11) is -5.17. The first-order valence-electron chi connectivity index (χ1n) is 12.1. The Labute approximate surface area is 325 Å². The molecule has 0 atom stereocenters. The zero-order chi connectivity index (χ0) is 33.8. The molecular weight excluding hydrogens is 861 g/mol. The van der Waals surface area contributed by atoms with Crippen LogP contribution in [0.3, 0.4) is 0 Å². The maximum absolute atomic E-state index is 8.52. The summed E-state index contributed by atoms with van der Waals surface area (Å²) in [5.74, 6) is 1.40. The number of aliphatic imine (C=N–C) groups is 4. The Bertz CT molecular complexity index is 1870. The largest absolute Gasteiger partial charge is 4.00 e. The second kappa shape index (κ2) is 20.9. The number of halogens is 4. The molecule has 15 nitrogen and oxygen atoms in total. The molecule has 6 rings (SSSR count). The molecule has 1 radical (unpaired) electrons. The van der Waals surface area contributed by atoms with Gasteiger partial charge in [0.1, 0.15) is 0 Å². The molecule has 0 aromatic carbocycles. The van der Waals surface area contributed by atoms with E-state index in [0.29, 0.717) is 41.1 Å². The minimum absolute atomic E-state index is 0. The fourth-order valence-electron chi connectivity index (χ4n) is 2.80. The molecule has 0 amide bonds. The van der Waals surface area contributed by atoms with E-state index in [0.717, 1.165) is 19.5 Å². The summed E-state index contributed by atoms with van der Waals surface area (Å²) >= 11 is 29.1. The third kappa shape index (κ3) is 16.7. The van der Waals surface area contributed by atoms with Crippen molar-refractivity contribution in [3.63, 3.8) is 0 Å². The van der Waals surface area contributed by atoms with E-state index in [1.165, 1.54) is 45.3 Å². The Morgan fingerprint density at radius 1 is 0.571 bits per heavy atom. The van der Waals surface area contributed by atoms with Crippen LogP contribution in [-0.2, 0) is 34.4 Å². The van der Waals surface area contributed by atoms with E-state index in [1.54, 1.807) is 24.9 Å². The normalized spacial score (nSPS) is 11.4. The monoisotopic (exact) mass is 873 g/mol. The number of nitrogens with one attached hydrogen (secondary N) is 2. The van der Waals surface area contributed by atoms with E-state index in [1.807, 2.05) is 48.5 Å². The van der Waals surface area contributed by atoms with Gasteiger partial charge in [-0.2, -0.15) is 9.97 Å². The van der Waals surface area contributed by atoms with Crippen LogP contribution in [0.25, 0.3) is 0 Å². The minimum Gasteiger partial charge on any atom is -2.00 e. The second-order valence-corrected chi connectivity index (χ2v) is 15.7. The van der Waals surface area contributed by atoms with Crippen molar-refractivity contribution in [3.05, 3.63) is 85.4 Å². The van der Waals surface area contributed by atoms with Crippen molar-refractivity contribution in [2.75, 3.05) is 0 Å². The van der Waals surface area contributed by atoms with E-state index >= 15 is 0 Å². The van der Waals surface area contributed by atoms with Crippen LogP contribution in [0.4, 0.5) is 23.8 Å². The van der Waals surface area contributed by atoms with Gasteiger partial charge in [-0.1, -0.05) is 46.4 Å². The summed E-state index contributed by atoms with van der Waals surface area (Å²) in [5.41, 5.74) is 0. The molecule has 0 aliphatic rings. The van der Waals surface area contributed by atoms with Gasteiger partial charge < -0.3 is 14.6 Å². The van der Waals surface area contributed by atoms with Crippen molar-refractivity contribution in [1.82, 2.24) is 30.4 Å². The Morgan fingerprint density at radius 2 is 0.837 bits per heavy atom. The summed E-state index contributed by atoms with van der Waals surface area (Å²) in [6, 6.07) is 14.8. The topological polar surface area (TPSA) is 241 Å². The molecule has 49 heavy (non-hydrogen) atoms. The van der Waals surface area contributed by atoms with Gasteiger partial charge >= 0.3 is 18.6 Å². The van der Waals surface area contributed by atoms with Crippen LogP contribution in [0.1, 0.15) is 19.5 Å². The molecule has 0 saturated heterocycles.